The van der Waals surface area contributed by atoms with Gasteiger partial charge in [0.25, 0.3) is 0 Å². The van der Waals surface area contributed by atoms with Crippen LogP contribution >= 0.6 is 0 Å². The van der Waals surface area contributed by atoms with E-state index in [1.54, 1.807) is 7.11 Å². The van der Waals surface area contributed by atoms with Gasteiger partial charge in [0.2, 0.25) is 5.91 Å². The van der Waals surface area contributed by atoms with Gasteiger partial charge in [0.1, 0.15) is 5.75 Å². The number of nitrogens with zero attached hydrogens (tertiary/aromatic N) is 1. The van der Waals surface area contributed by atoms with Gasteiger partial charge in [-0.1, -0.05) is 41.5 Å². The molecule has 1 aliphatic heterocycles. The Balaban J connectivity index is 1.78. The molecule has 126 valence electrons. The van der Waals surface area contributed by atoms with E-state index < -0.39 is 0 Å². The third-order valence-corrected chi connectivity index (χ3v) is 4.69. The molecule has 1 aliphatic rings. The maximum absolute atomic E-state index is 12.9. The SMILES string of the molecule is COc1cccc(CC(=O)N2CCCC2c2cc(C)cc(C)c2)c1. The highest BCUT2D eigenvalue weighted by atomic mass is 16.5. The lowest BCUT2D eigenvalue weighted by Gasteiger charge is -2.26. The van der Waals surface area contributed by atoms with Crippen LogP contribution in [0.25, 0.3) is 0 Å². The molecule has 3 nitrogen and oxygen atoms in total. The van der Waals surface area contributed by atoms with E-state index >= 15 is 0 Å². The number of carbonyl (C=O) groups is 1. The van der Waals surface area contributed by atoms with Crippen LogP contribution in [0.2, 0.25) is 0 Å². The van der Waals surface area contributed by atoms with Crippen molar-refractivity contribution < 1.29 is 9.53 Å². The summed E-state index contributed by atoms with van der Waals surface area (Å²) in [5.41, 5.74) is 4.80. The predicted octanol–water partition coefficient (Wildman–Crippen LogP) is 4.22. The highest BCUT2D eigenvalue weighted by Gasteiger charge is 2.30. The Bertz CT molecular complexity index is 718. The Morgan fingerprint density at radius 1 is 1.17 bits per heavy atom. The fourth-order valence-corrected chi connectivity index (χ4v) is 3.67. The van der Waals surface area contributed by atoms with Crippen molar-refractivity contribution in [1.29, 1.82) is 0 Å². The molecule has 1 fully saturated rings. The second-order valence-electron chi connectivity index (χ2n) is 6.69. The van der Waals surface area contributed by atoms with Gasteiger partial charge in [-0.05, 0) is 49.9 Å². The first-order chi connectivity index (χ1) is 11.6. The van der Waals surface area contributed by atoms with E-state index in [2.05, 4.69) is 32.0 Å². The maximum atomic E-state index is 12.9. The van der Waals surface area contributed by atoms with Gasteiger partial charge in [0.05, 0.1) is 19.6 Å². The van der Waals surface area contributed by atoms with Crippen LogP contribution < -0.4 is 4.74 Å². The molecule has 2 aromatic rings. The minimum Gasteiger partial charge on any atom is -0.497 e. The molecule has 24 heavy (non-hydrogen) atoms. The van der Waals surface area contributed by atoms with Crippen LogP contribution in [0.4, 0.5) is 0 Å². The summed E-state index contributed by atoms with van der Waals surface area (Å²) in [6.07, 6.45) is 2.55. The molecule has 0 saturated carbocycles. The van der Waals surface area contributed by atoms with Gasteiger partial charge in [-0.25, -0.2) is 0 Å². The van der Waals surface area contributed by atoms with E-state index in [4.69, 9.17) is 4.74 Å². The normalized spacial score (nSPS) is 17.1. The van der Waals surface area contributed by atoms with Crippen molar-refractivity contribution >= 4 is 5.91 Å². The molecule has 1 amide bonds. The molecule has 0 spiro atoms. The first-order valence-corrected chi connectivity index (χ1v) is 8.57. The number of carbonyl (C=O) groups excluding carboxylic acids is 1. The van der Waals surface area contributed by atoms with Crippen molar-refractivity contribution in [2.45, 2.75) is 39.2 Å². The molecule has 0 aliphatic carbocycles. The van der Waals surface area contributed by atoms with Crippen LogP contribution in [0.1, 0.15) is 41.1 Å². The van der Waals surface area contributed by atoms with Crippen molar-refractivity contribution in [3.63, 3.8) is 0 Å². The number of methoxy groups -OCH3 is 1. The van der Waals surface area contributed by atoms with Crippen LogP contribution in [0.5, 0.6) is 5.75 Å². The van der Waals surface area contributed by atoms with Crippen molar-refractivity contribution in [3.8, 4) is 5.75 Å². The van der Waals surface area contributed by atoms with Gasteiger partial charge in [0.15, 0.2) is 0 Å². The van der Waals surface area contributed by atoms with Gasteiger partial charge in [-0.3, -0.25) is 4.79 Å². The molecular formula is C21H25NO2. The average molecular weight is 323 g/mol. The molecule has 1 atom stereocenters. The fourth-order valence-electron chi connectivity index (χ4n) is 3.67. The van der Waals surface area contributed by atoms with Gasteiger partial charge in [-0.2, -0.15) is 0 Å². The average Bonchev–Trinajstić information content (AvgIpc) is 3.04. The number of amides is 1. The van der Waals surface area contributed by atoms with E-state index in [-0.39, 0.29) is 11.9 Å². The summed E-state index contributed by atoms with van der Waals surface area (Å²) < 4.78 is 5.25. The van der Waals surface area contributed by atoms with E-state index in [0.717, 1.165) is 30.7 Å². The van der Waals surface area contributed by atoms with Gasteiger partial charge in [-0.15, -0.1) is 0 Å². The lowest BCUT2D eigenvalue weighted by Crippen LogP contribution is -2.31. The van der Waals surface area contributed by atoms with Crippen LogP contribution in [0.15, 0.2) is 42.5 Å². The zero-order valence-corrected chi connectivity index (χ0v) is 14.7. The highest BCUT2D eigenvalue weighted by molar-refractivity contribution is 5.79. The highest BCUT2D eigenvalue weighted by Crippen LogP contribution is 2.33. The monoisotopic (exact) mass is 323 g/mol. The van der Waals surface area contributed by atoms with E-state index in [1.807, 2.05) is 29.2 Å². The first-order valence-electron chi connectivity index (χ1n) is 8.57. The third kappa shape index (κ3) is 3.61. The molecule has 1 heterocycles. The number of ether oxygens (including phenoxy) is 1. The standard InChI is InChI=1S/C21H25NO2/c1-15-10-16(2)12-18(11-15)20-8-5-9-22(20)21(23)14-17-6-4-7-19(13-17)24-3/h4,6-7,10-13,20H,5,8-9,14H2,1-3H3. The molecule has 2 aromatic carbocycles. The number of benzene rings is 2. The number of hydrogen-bond acceptors (Lipinski definition) is 2. The number of hydrogen-bond donors (Lipinski definition) is 0. The van der Waals surface area contributed by atoms with Gasteiger partial charge in [0, 0.05) is 6.54 Å². The van der Waals surface area contributed by atoms with Crippen molar-refractivity contribution in [2.75, 3.05) is 13.7 Å². The Hall–Kier alpha value is -2.29. The molecule has 1 unspecified atom stereocenters. The molecule has 0 radical (unpaired) electrons. The van der Waals surface area contributed by atoms with Gasteiger partial charge >= 0.3 is 0 Å². The lowest BCUT2D eigenvalue weighted by atomic mass is 9.99. The zero-order valence-electron chi connectivity index (χ0n) is 14.7. The van der Waals surface area contributed by atoms with Crippen LogP contribution in [0.3, 0.4) is 0 Å². The van der Waals surface area contributed by atoms with Crippen LogP contribution in [0, 0.1) is 13.8 Å². The second kappa shape index (κ2) is 7.08. The van der Waals surface area contributed by atoms with E-state index in [1.165, 1.54) is 16.7 Å². The topological polar surface area (TPSA) is 29.5 Å². The summed E-state index contributed by atoms with van der Waals surface area (Å²) in [6, 6.07) is 14.6. The molecule has 1 saturated heterocycles. The minimum atomic E-state index is 0.199. The summed E-state index contributed by atoms with van der Waals surface area (Å²) in [4.78, 5) is 14.9. The van der Waals surface area contributed by atoms with Crippen LogP contribution in [-0.2, 0) is 11.2 Å². The molecular weight excluding hydrogens is 298 g/mol. The number of aryl methyl sites for hydroxylation is 2. The Kier molecular flexibility index (Phi) is 4.89. The summed E-state index contributed by atoms with van der Waals surface area (Å²) in [6.45, 7) is 5.09. The maximum Gasteiger partial charge on any atom is 0.227 e. The summed E-state index contributed by atoms with van der Waals surface area (Å²) in [7, 11) is 1.65. The molecule has 0 aromatic heterocycles. The molecule has 0 N–H and O–H groups in total. The smallest absolute Gasteiger partial charge is 0.227 e. The fraction of sp³-hybridized carbons (Fsp3) is 0.381. The Morgan fingerprint density at radius 3 is 2.62 bits per heavy atom. The summed E-state index contributed by atoms with van der Waals surface area (Å²) in [5, 5.41) is 0. The lowest BCUT2D eigenvalue weighted by molar-refractivity contribution is -0.131. The largest absolute Gasteiger partial charge is 0.497 e. The van der Waals surface area contributed by atoms with E-state index in [0.29, 0.717) is 6.42 Å². The predicted molar refractivity (Wildman–Crippen MR) is 96.3 cm³/mol. The van der Waals surface area contributed by atoms with Crippen molar-refractivity contribution in [3.05, 3.63) is 64.7 Å². The molecule has 0 bridgehead atoms. The quantitative estimate of drug-likeness (QED) is 0.843. The Morgan fingerprint density at radius 2 is 1.92 bits per heavy atom. The van der Waals surface area contributed by atoms with Gasteiger partial charge < -0.3 is 9.64 Å². The number of likely N-dealkylation sites (tertiary alicyclic amines) is 1. The zero-order chi connectivity index (χ0) is 17.1. The Labute approximate surface area is 144 Å². The first kappa shape index (κ1) is 16.6. The summed E-state index contributed by atoms with van der Waals surface area (Å²) in [5.74, 6) is 0.998. The van der Waals surface area contributed by atoms with E-state index in [9.17, 15) is 4.79 Å². The second-order valence-corrected chi connectivity index (χ2v) is 6.69. The number of rotatable bonds is 4. The molecule has 3 heteroatoms. The molecule has 3 rings (SSSR count). The van der Waals surface area contributed by atoms with Crippen LogP contribution in [-0.4, -0.2) is 24.5 Å². The summed E-state index contributed by atoms with van der Waals surface area (Å²) >= 11 is 0. The van der Waals surface area contributed by atoms with Crippen molar-refractivity contribution in [1.82, 2.24) is 4.90 Å². The third-order valence-electron chi connectivity index (χ3n) is 4.69. The minimum absolute atomic E-state index is 0.199. The van der Waals surface area contributed by atoms with Crippen molar-refractivity contribution in [2.24, 2.45) is 0 Å².